The summed E-state index contributed by atoms with van der Waals surface area (Å²) in [6.45, 7) is 6.99. The van der Waals surface area contributed by atoms with Crippen LogP contribution in [-0.2, 0) is 9.53 Å². The number of carbonyl (C=O) groups excluding carboxylic acids is 2. The third-order valence-corrected chi connectivity index (χ3v) is 3.92. The molecule has 2 aromatic rings. The number of thiophene rings is 1. The van der Waals surface area contributed by atoms with Crippen LogP contribution in [-0.4, -0.2) is 29.2 Å². The van der Waals surface area contributed by atoms with Gasteiger partial charge in [0.2, 0.25) is 5.91 Å². The highest BCUT2D eigenvalue weighted by molar-refractivity contribution is 7.23. The first kappa shape index (κ1) is 14.6. The Morgan fingerprint density at radius 1 is 1.35 bits per heavy atom. The zero-order valence-electron chi connectivity index (χ0n) is 12.3. The van der Waals surface area contributed by atoms with Crippen molar-refractivity contribution in [3.8, 4) is 0 Å². The van der Waals surface area contributed by atoms with Crippen LogP contribution in [0.4, 0.5) is 9.80 Å². The topological polar surface area (TPSA) is 51.5 Å². The largest absolute Gasteiger partial charge is 0.443 e. The number of hydrogen-bond acceptors (Lipinski definition) is 4. The number of amides is 1. The van der Waals surface area contributed by atoms with Gasteiger partial charge < -0.3 is 9.64 Å². The first-order chi connectivity index (χ1) is 9.19. The van der Waals surface area contributed by atoms with E-state index in [4.69, 9.17) is 4.74 Å². The molecule has 1 amide bonds. The molecule has 108 valence electrons. The van der Waals surface area contributed by atoms with Crippen molar-refractivity contribution in [1.29, 1.82) is 0 Å². The van der Waals surface area contributed by atoms with E-state index in [9.17, 15) is 9.59 Å². The second kappa shape index (κ2) is 4.94. The van der Waals surface area contributed by atoms with Crippen molar-refractivity contribution in [3.05, 3.63) is 18.3 Å². The molecule has 0 aliphatic rings. The van der Waals surface area contributed by atoms with E-state index in [0.29, 0.717) is 0 Å². The number of rotatable bonds is 1. The van der Waals surface area contributed by atoms with Crippen molar-refractivity contribution in [3.63, 3.8) is 0 Å². The average Bonchev–Trinajstić information content (AvgIpc) is 2.83. The van der Waals surface area contributed by atoms with E-state index in [1.165, 1.54) is 22.8 Å². The van der Waals surface area contributed by atoms with Gasteiger partial charge in [-0.1, -0.05) is 0 Å². The number of nitrogens with zero attached hydrogens (tertiary/aromatic N) is 2. The van der Waals surface area contributed by atoms with Gasteiger partial charge in [-0.05, 0) is 32.9 Å². The Labute approximate surface area is 121 Å². The van der Waals surface area contributed by atoms with Crippen LogP contribution in [0.15, 0.2) is 18.3 Å². The smallest absolute Gasteiger partial charge is 0.419 e. The molecule has 0 radical (unpaired) electrons. The average molecular weight is 294 g/mol. The normalized spacial score (nSPS) is 11.7. The van der Waals surface area contributed by atoms with Gasteiger partial charge in [-0.2, -0.15) is 0 Å². The SMILES string of the molecule is CC(=O)N(C)c1cc2c(ccn2C(=O)OC(C)(C)C)s1. The molecule has 0 fully saturated rings. The number of anilines is 1. The van der Waals surface area contributed by atoms with Gasteiger partial charge in [-0.3, -0.25) is 9.36 Å². The Kier molecular flexibility index (Phi) is 3.60. The number of hydrogen-bond donors (Lipinski definition) is 0. The van der Waals surface area contributed by atoms with Gasteiger partial charge in [-0.25, -0.2) is 4.79 Å². The lowest BCUT2D eigenvalue weighted by Crippen LogP contribution is -2.26. The molecule has 0 aliphatic carbocycles. The summed E-state index contributed by atoms with van der Waals surface area (Å²) >= 11 is 1.47. The number of ether oxygens (including phenoxy) is 1. The highest BCUT2D eigenvalue weighted by Crippen LogP contribution is 2.33. The highest BCUT2D eigenvalue weighted by atomic mass is 32.1. The van der Waals surface area contributed by atoms with Gasteiger partial charge in [0.25, 0.3) is 0 Å². The minimum absolute atomic E-state index is 0.0438. The molecule has 0 spiro atoms. The van der Waals surface area contributed by atoms with Crippen LogP contribution < -0.4 is 4.90 Å². The van der Waals surface area contributed by atoms with E-state index in [1.807, 2.05) is 32.9 Å². The molecule has 0 aromatic carbocycles. The van der Waals surface area contributed by atoms with Crippen LogP contribution in [0.2, 0.25) is 0 Å². The maximum Gasteiger partial charge on any atom is 0.419 e. The summed E-state index contributed by atoms with van der Waals surface area (Å²) in [4.78, 5) is 25.1. The summed E-state index contributed by atoms with van der Waals surface area (Å²) in [7, 11) is 1.71. The standard InChI is InChI=1S/C14H18N2O3S/c1-9(17)15(5)12-8-10-11(20-12)6-7-16(10)13(18)19-14(2,3)4/h6-8H,1-5H3. The molecule has 0 unspecified atom stereocenters. The molecule has 0 aliphatic heterocycles. The summed E-state index contributed by atoms with van der Waals surface area (Å²) in [5.41, 5.74) is 0.218. The van der Waals surface area contributed by atoms with E-state index in [0.717, 1.165) is 15.2 Å². The number of fused-ring (bicyclic) bond motifs is 1. The van der Waals surface area contributed by atoms with Gasteiger partial charge in [0.1, 0.15) is 5.60 Å². The minimum atomic E-state index is -0.539. The lowest BCUT2D eigenvalue weighted by Gasteiger charge is -2.19. The summed E-state index contributed by atoms with van der Waals surface area (Å²) in [5, 5.41) is 0.806. The Morgan fingerprint density at radius 2 is 2.00 bits per heavy atom. The molecule has 2 heterocycles. The van der Waals surface area contributed by atoms with E-state index < -0.39 is 11.7 Å². The third-order valence-electron chi connectivity index (χ3n) is 2.75. The first-order valence-corrected chi connectivity index (χ1v) is 7.09. The Bertz CT molecular complexity index is 664. The fourth-order valence-electron chi connectivity index (χ4n) is 1.70. The summed E-state index contributed by atoms with van der Waals surface area (Å²) in [5.74, 6) is -0.0438. The first-order valence-electron chi connectivity index (χ1n) is 6.27. The predicted octanol–water partition coefficient (Wildman–Crippen LogP) is 3.47. The minimum Gasteiger partial charge on any atom is -0.443 e. The summed E-state index contributed by atoms with van der Waals surface area (Å²) < 4.78 is 7.77. The highest BCUT2D eigenvalue weighted by Gasteiger charge is 2.20. The van der Waals surface area contributed by atoms with Gasteiger partial charge >= 0.3 is 6.09 Å². The van der Waals surface area contributed by atoms with E-state index in [-0.39, 0.29) is 5.91 Å². The predicted molar refractivity (Wildman–Crippen MR) is 80.5 cm³/mol. The zero-order valence-corrected chi connectivity index (χ0v) is 13.1. The van der Waals surface area contributed by atoms with Crippen molar-refractivity contribution in [1.82, 2.24) is 4.57 Å². The molecule has 0 N–H and O–H groups in total. The Hall–Kier alpha value is -1.82. The lowest BCUT2D eigenvalue weighted by molar-refractivity contribution is -0.116. The van der Waals surface area contributed by atoms with Crippen LogP contribution in [0.1, 0.15) is 27.7 Å². The zero-order chi connectivity index (χ0) is 15.1. The van der Waals surface area contributed by atoms with Gasteiger partial charge in [-0.15, -0.1) is 11.3 Å². The maximum absolute atomic E-state index is 12.1. The maximum atomic E-state index is 12.1. The van der Waals surface area contributed by atoms with Crippen LogP contribution in [0.5, 0.6) is 0 Å². The quantitative estimate of drug-likeness (QED) is 0.809. The molecule has 20 heavy (non-hydrogen) atoms. The van der Waals surface area contributed by atoms with Crippen molar-refractivity contribution >= 4 is 38.6 Å². The fourth-order valence-corrected chi connectivity index (χ4v) is 2.76. The van der Waals surface area contributed by atoms with E-state index in [1.54, 1.807) is 18.1 Å². The van der Waals surface area contributed by atoms with Crippen LogP contribution >= 0.6 is 11.3 Å². The molecule has 0 saturated heterocycles. The van der Waals surface area contributed by atoms with Crippen molar-refractivity contribution in [2.75, 3.05) is 11.9 Å². The molecule has 6 heteroatoms. The molecule has 5 nitrogen and oxygen atoms in total. The van der Waals surface area contributed by atoms with E-state index >= 15 is 0 Å². The Balaban J connectivity index is 2.37. The Morgan fingerprint density at radius 3 is 2.55 bits per heavy atom. The number of carbonyl (C=O) groups is 2. The third kappa shape index (κ3) is 2.85. The van der Waals surface area contributed by atoms with Crippen molar-refractivity contribution in [2.24, 2.45) is 0 Å². The monoisotopic (exact) mass is 294 g/mol. The second-order valence-corrected chi connectivity index (χ2v) is 6.64. The van der Waals surface area contributed by atoms with E-state index in [2.05, 4.69) is 0 Å². The number of aromatic nitrogens is 1. The molecular weight excluding hydrogens is 276 g/mol. The van der Waals surface area contributed by atoms with Gasteiger partial charge in [0.05, 0.1) is 15.2 Å². The molecule has 0 bridgehead atoms. The van der Waals surface area contributed by atoms with Gasteiger partial charge in [0.15, 0.2) is 0 Å². The molecular formula is C14H18N2O3S. The molecule has 0 saturated carbocycles. The van der Waals surface area contributed by atoms with Crippen LogP contribution in [0.3, 0.4) is 0 Å². The summed E-state index contributed by atoms with van der Waals surface area (Å²) in [6, 6.07) is 3.67. The summed E-state index contributed by atoms with van der Waals surface area (Å²) in [6.07, 6.45) is 1.27. The second-order valence-electron chi connectivity index (χ2n) is 5.58. The van der Waals surface area contributed by atoms with Crippen molar-refractivity contribution in [2.45, 2.75) is 33.3 Å². The van der Waals surface area contributed by atoms with Crippen molar-refractivity contribution < 1.29 is 14.3 Å². The molecule has 2 rings (SSSR count). The fraction of sp³-hybridized carbons (Fsp3) is 0.429. The molecule has 2 aromatic heterocycles. The lowest BCUT2D eigenvalue weighted by atomic mass is 10.2. The van der Waals surface area contributed by atoms with Crippen LogP contribution in [0.25, 0.3) is 10.2 Å². The molecule has 0 atom stereocenters. The van der Waals surface area contributed by atoms with Crippen LogP contribution in [0, 0.1) is 0 Å². The van der Waals surface area contributed by atoms with Gasteiger partial charge in [0, 0.05) is 20.2 Å².